The van der Waals surface area contributed by atoms with E-state index in [1.165, 1.54) is 31.0 Å². The van der Waals surface area contributed by atoms with E-state index in [0.717, 1.165) is 6.07 Å². The number of Topliss-reactive ketones (excluding diaryl/α,β-unsaturated/α-hetero) is 1. The summed E-state index contributed by atoms with van der Waals surface area (Å²) in [7, 11) is 0.278. The van der Waals surface area contributed by atoms with Crippen molar-refractivity contribution in [3.63, 3.8) is 0 Å². The Bertz CT molecular complexity index is 959. The van der Waals surface area contributed by atoms with Crippen LogP contribution < -0.4 is 4.74 Å². The third-order valence-corrected chi connectivity index (χ3v) is 7.37. The first-order chi connectivity index (χ1) is 12.8. The van der Waals surface area contributed by atoms with Crippen molar-refractivity contribution in [2.45, 2.75) is 18.0 Å². The van der Waals surface area contributed by atoms with Crippen LogP contribution in [0, 0.1) is 11.7 Å². The SMILES string of the molecule is COc1ccc(F)cc1C(=O)CSc1nnc(CC2CCS(=O)(=O)C2)n1C. The average molecular weight is 413 g/mol. The number of hydrogen-bond donors (Lipinski definition) is 0. The molecule has 1 atom stereocenters. The number of hydrogen-bond acceptors (Lipinski definition) is 7. The molecule has 146 valence electrons. The van der Waals surface area contributed by atoms with Gasteiger partial charge in [0.25, 0.3) is 0 Å². The molecular weight excluding hydrogens is 393 g/mol. The van der Waals surface area contributed by atoms with Gasteiger partial charge in [-0.2, -0.15) is 0 Å². The lowest BCUT2D eigenvalue weighted by Crippen LogP contribution is -2.11. The van der Waals surface area contributed by atoms with Crippen LogP contribution in [0.25, 0.3) is 0 Å². The zero-order valence-electron chi connectivity index (χ0n) is 15.0. The van der Waals surface area contributed by atoms with Crippen molar-refractivity contribution >= 4 is 27.4 Å². The molecule has 0 amide bonds. The van der Waals surface area contributed by atoms with Gasteiger partial charge in [-0.1, -0.05) is 11.8 Å². The van der Waals surface area contributed by atoms with Crippen molar-refractivity contribution in [2.24, 2.45) is 13.0 Å². The number of sulfone groups is 1. The molecule has 1 aromatic carbocycles. The number of thioether (sulfide) groups is 1. The molecule has 1 saturated heterocycles. The highest BCUT2D eigenvalue weighted by molar-refractivity contribution is 7.99. The first kappa shape index (κ1) is 19.8. The molecule has 2 aromatic rings. The van der Waals surface area contributed by atoms with Crippen LogP contribution >= 0.6 is 11.8 Å². The second kappa shape index (κ2) is 7.97. The van der Waals surface area contributed by atoms with E-state index in [0.29, 0.717) is 29.6 Å². The van der Waals surface area contributed by atoms with Gasteiger partial charge in [0.15, 0.2) is 20.8 Å². The van der Waals surface area contributed by atoms with E-state index >= 15 is 0 Å². The summed E-state index contributed by atoms with van der Waals surface area (Å²) in [4.78, 5) is 12.4. The Labute approximate surface area is 161 Å². The molecule has 27 heavy (non-hydrogen) atoms. The highest BCUT2D eigenvalue weighted by Gasteiger charge is 2.29. The Kier molecular flexibility index (Phi) is 5.85. The lowest BCUT2D eigenvalue weighted by atomic mass is 10.1. The number of methoxy groups -OCH3 is 1. The maximum absolute atomic E-state index is 13.4. The van der Waals surface area contributed by atoms with Gasteiger partial charge in [-0.15, -0.1) is 10.2 Å². The van der Waals surface area contributed by atoms with E-state index in [1.54, 1.807) is 11.6 Å². The largest absolute Gasteiger partial charge is 0.496 e. The third-order valence-electron chi connectivity index (χ3n) is 4.52. The smallest absolute Gasteiger partial charge is 0.191 e. The summed E-state index contributed by atoms with van der Waals surface area (Å²) in [5.74, 6) is 0.747. The number of ketones is 1. The monoisotopic (exact) mass is 413 g/mol. The summed E-state index contributed by atoms with van der Waals surface area (Å²) in [6.45, 7) is 0. The number of ether oxygens (including phenoxy) is 1. The third kappa shape index (κ3) is 4.67. The van der Waals surface area contributed by atoms with Crippen molar-refractivity contribution < 1.29 is 22.3 Å². The van der Waals surface area contributed by atoms with Crippen LogP contribution in [0.4, 0.5) is 4.39 Å². The Hall–Kier alpha value is -1.94. The fourth-order valence-corrected chi connectivity index (χ4v) is 5.72. The molecule has 1 aliphatic rings. The zero-order chi connectivity index (χ0) is 19.6. The maximum Gasteiger partial charge on any atom is 0.191 e. The van der Waals surface area contributed by atoms with Gasteiger partial charge in [0.1, 0.15) is 17.4 Å². The second-order valence-corrected chi connectivity index (χ2v) is 9.66. The number of carbonyl (C=O) groups excluding carboxylic acids is 1. The van der Waals surface area contributed by atoms with Gasteiger partial charge in [-0.25, -0.2) is 12.8 Å². The topological polar surface area (TPSA) is 91.2 Å². The van der Waals surface area contributed by atoms with E-state index in [-0.39, 0.29) is 34.5 Å². The summed E-state index contributed by atoms with van der Waals surface area (Å²) in [5, 5.41) is 8.77. The van der Waals surface area contributed by atoms with Crippen LogP contribution in [0.2, 0.25) is 0 Å². The predicted octanol–water partition coefficient (Wildman–Crippen LogP) is 1.92. The van der Waals surface area contributed by atoms with E-state index in [2.05, 4.69) is 10.2 Å². The van der Waals surface area contributed by atoms with Crippen molar-refractivity contribution in [1.82, 2.24) is 14.8 Å². The van der Waals surface area contributed by atoms with E-state index in [9.17, 15) is 17.6 Å². The predicted molar refractivity (Wildman–Crippen MR) is 99.5 cm³/mol. The molecule has 0 bridgehead atoms. The number of carbonyl (C=O) groups is 1. The average Bonchev–Trinajstić information content (AvgIpc) is 3.15. The minimum atomic E-state index is -2.93. The number of aromatic nitrogens is 3. The minimum Gasteiger partial charge on any atom is -0.496 e. The standard InChI is InChI=1S/C17H20FN3O4S2/c1-21-16(7-11-5-6-27(23,24)10-11)19-20-17(21)26-9-14(22)13-8-12(18)3-4-15(13)25-2/h3-4,8,11H,5-7,9-10H2,1-2H3. The van der Waals surface area contributed by atoms with Crippen LogP contribution in [0.1, 0.15) is 22.6 Å². The van der Waals surface area contributed by atoms with Gasteiger partial charge in [-0.05, 0) is 30.5 Å². The number of benzene rings is 1. The van der Waals surface area contributed by atoms with Crippen LogP contribution in [0.5, 0.6) is 5.75 Å². The van der Waals surface area contributed by atoms with Crippen molar-refractivity contribution in [2.75, 3.05) is 24.4 Å². The zero-order valence-corrected chi connectivity index (χ0v) is 16.6. The molecule has 10 heteroatoms. The molecule has 0 spiro atoms. The van der Waals surface area contributed by atoms with Gasteiger partial charge >= 0.3 is 0 Å². The Balaban J connectivity index is 1.65. The number of halogens is 1. The van der Waals surface area contributed by atoms with Gasteiger partial charge in [-0.3, -0.25) is 4.79 Å². The van der Waals surface area contributed by atoms with E-state index < -0.39 is 15.7 Å². The normalized spacial score (nSPS) is 18.6. The molecule has 0 N–H and O–H groups in total. The van der Waals surface area contributed by atoms with Crippen LogP contribution in [-0.2, 0) is 23.3 Å². The van der Waals surface area contributed by atoms with Crippen LogP contribution in [-0.4, -0.2) is 53.3 Å². The molecule has 1 aliphatic heterocycles. The minimum absolute atomic E-state index is 0.0499. The van der Waals surface area contributed by atoms with Gasteiger partial charge in [0, 0.05) is 13.5 Å². The van der Waals surface area contributed by atoms with E-state index in [4.69, 9.17) is 4.74 Å². The highest BCUT2D eigenvalue weighted by atomic mass is 32.2. The number of nitrogens with zero attached hydrogens (tertiary/aromatic N) is 3. The van der Waals surface area contributed by atoms with Crippen molar-refractivity contribution in [1.29, 1.82) is 0 Å². The molecular formula is C17H20FN3O4S2. The second-order valence-electron chi connectivity index (χ2n) is 6.49. The molecule has 0 radical (unpaired) electrons. The lowest BCUT2D eigenvalue weighted by Gasteiger charge is -2.08. The number of rotatable bonds is 7. The molecule has 0 saturated carbocycles. The van der Waals surface area contributed by atoms with Crippen LogP contribution in [0.3, 0.4) is 0 Å². The molecule has 1 fully saturated rings. The lowest BCUT2D eigenvalue weighted by molar-refractivity contribution is 0.101. The van der Waals surface area contributed by atoms with Gasteiger partial charge in [0.05, 0.1) is 29.9 Å². The molecule has 1 aromatic heterocycles. The van der Waals surface area contributed by atoms with Gasteiger partial charge in [0.2, 0.25) is 0 Å². The van der Waals surface area contributed by atoms with Crippen LogP contribution in [0.15, 0.2) is 23.4 Å². The Morgan fingerprint density at radius 2 is 2.19 bits per heavy atom. The highest BCUT2D eigenvalue weighted by Crippen LogP contribution is 2.26. The summed E-state index contributed by atoms with van der Waals surface area (Å²) in [6.07, 6.45) is 1.17. The summed E-state index contributed by atoms with van der Waals surface area (Å²) < 4.78 is 43.5. The van der Waals surface area contributed by atoms with Crippen molar-refractivity contribution in [3.8, 4) is 5.75 Å². The molecule has 2 heterocycles. The first-order valence-corrected chi connectivity index (χ1v) is 11.2. The Morgan fingerprint density at radius 1 is 1.41 bits per heavy atom. The molecule has 0 aliphatic carbocycles. The summed E-state index contributed by atoms with van der Waals surface area (Å²) >= 11 is 1.20. The fourth-order valence-electron chi connectivity index (χ4n) is 3.05. The van der Waals surface area contributed by atoms with Gasteiger partial charge < -0.3 is 9.30 Å². The molecule has 1 unspecified atom stereocenters. The van der Waals surface area contributed by atoms with E-state index in [1.807, 2.05) is 0 Å². The fraction of sp³-hybridized carbons (Fsp3) is 0.471. The molecule has 7 nitrogen and oxygen atoms in total. The summed E-state index contributed by atoms with van der Waals surface area (Å²) in [6, 6.07) is 3.81. The quantitative estimate of drug-likeness (QED) is 0.506. The summed E-state index contributed by atoms with van der Waals surface area (Å²) in [5.41, 5.74) is 0.184. The molecule has 3 rings (SSSR count). The Morgan fingerprint density at radius 3 is 2.85 bits per heavy atom. The van der Waals surface area contributed by atoms with Crippen molar-refractivity contribution in [3.05, 3.63) is 35.4 Å². The maximum atomic E-state index is 13.4. The first-order valence-electron chi connectivity index (χ1n) is 8.37.